The molecule has 0 saturated carbocycles. The summed E-state index contributed by atoms with van der Waals surface area (Å²) in [6.07, 6.45) is 0.399. The summed E-state index contributed by atoms with van der Waals surface area (Å²) in [6, 6.07) is 8.76. The number of hydrogen-bond acceptors (Lipinski definition) is 3. The number of halogens is 1. The van der Waals surface area contributed by atoms with E-state index < -0.39 is 5.97 Å². The van der Waals surface area contributed by atoms with Gasteiger partial charge in [0.1, 0.15) is 0 Å². The molecule has 17 heavy (non-hydrogen) atoms. The molecule has 0 bridgehead atoms. The molecule has 0 aliphatic rings. The molecule has 0 N–H and O–H groups in total. The number of carbonyl (C=O) groups is 2. The van der Waals surface area contributed by atoms with Crippen LogP contribution < -0.4 is 0 Å². The van der Waals surface area contributed by atoms with Crippen molar-refractivity contribution in [2.45, 2.75) is 6.92 Å². The van der Waals surface area contributed by atoms with Crippen LogP contribution in [0.25, 0.3) is 5.03 Å². The largest absolute Gasteiger partial charge is 0.418 e. The van der Waals surface area contributed by atoms with Gasteiger partial charge in [-0.2, -0.15) is 0 Å². The summed E-state index contributed by atoms with van der Waals surface area (Å²) < 4.78 is 4.82. The third-order valence-electron chi connectivity index (χ3n) is 1.90. The Morgan fingerprint density at radius 1 is 1.35 bits per heavy atom. The van der Waals surface area contributed by atoms with Gasteiger partial charge in [-0.3, -0.25) is 4.79 Å². The van der Waals surface area contributed by atoms with E-state index in [-0.39, 0.29) is 16.4 Å². The van der Waals surface area contributed by atoms with E-state index in [0.29, 0.717) is 11.8 Å². The van der Waals surface area contributed by atoms with E-state index in [4.69, 9.17) is 16.3 Å². The number of rotatable bonds is 4. The van der Waals surface area contributed by atoms with Gasteiger partial charge < -0.3 is 4.74 Å². The van der Waals surface area contributed by atoms with Gasteiger partial charge in [-0.1, -0.05) is 48.5 Å². The molecule has 0 unspecified atom stereocenters. The Labute approximate surface area is 104 Å². The molecule has 88 valence electrons. The van der Waals surface area contributed by atoms with Gasteiger partial charge in [-0.05, 0) is 12.5 Å². The van der Waals surface area contributed by atoms with Crippen molar-refractivity contribution in [1.82, 2.24) is 0 Å². The fraction of sp³-hybridized carbons (Fsp3) is 0.0769. The quantitative estimate of drug-likeness (QED) is 0.357. The lowest BCUT2D eigenvalue weighted by atomic mass is 10.2. The molecule has 0 fully saturated rings. The van der Waals surface area contributed by atoms with Gasteiger partial charge in [0.15, 0.2) is 12.0 Å². The monoisotopic (exact) mass is 250 g/mol. The predicted octanol–water partition coefficient (Wildman–Crippen LogP) is 2.91. The van der Waals surface area contributed by atoms with Crippen molar-refractivity contribution in [1.29, 1.82) is 0 Å². The second kappa shape index (κ2) is 6.01. The fourth-order valence-corrected chi connectivity index (χ4v) is 1.24. The number of ether oxygens (including phenoxy) is 1. The number of allylic oxidation sites excluding steroid dienone is 1. The fourth-order valence-electron chi connectivity index (χ4n) is 1.03. The summed E-state index contributed by atoms with van der Waals surface area (Å²) >= 11 is 5.96. The second-order valence-corrected chi connectivity index (χ2v) is 3.71. The van der Waals surface area contributed by atoms with Crippen LogP contribution in [0.4, 0.5) is 0 Å². The number of hydrogen-bond donors (Lipinski definition) is 0. The van der Waals surface area contributed by atoms with Crippen LogP contribution in [-0.2, 0) is 14.3 Å². The van der Waals surface area contributed by atoms with Gasteiger partial charge in [0.2, 0.25) is 0 Å². The molecule has 0 atom stereocenters. The van der Waals surface area contributed by atoms with Crippen LogP contribution in [0, 0.1) is 0 Å². The zero-order valence-corrected chi connectivity index (χ0v) is 10.0. The molecule has 1 rings (SSSR count). The van der Waals surface area contributed by atoms with E-state index >= 15 is 0 Å². The van der Waals surface area contributed by atoms with Crippen molar-refractivity contribution in [3.8, 4) is 0 Å². The van der Waals surface area contributed by atoms with Crippen LogP contribution in [0.3, 0.4) is 0 Å². The summed E-state index contributed by atoms with van der Waals surface area (Å²) in [6.45, 7) is 4.91. The highest BCUT2D eigenvalue weighted by Crippen LogP contribution is 2.23. The molecule has 1 aromatic carbocycles. The molecule has 0 saturated heterocycles. The average molecular weight is 251 g/mol. The number of esters is 1. The Morgan fingerprint density at radius 3 is 2.41 bits per heavy atom. The minimum Gasteiger partial charge on any atom is -0.418 e. The molecule has 0 heterocycles. The summed E-state index contributed by atoms with van der Waals surface area (Å²) in [4.78, 5) is 22.1. The molecule has 0 amide bonds. The van der Waals surface area contributed by atoms with Gasteiger partial charge in [0.05, 0.1) is 5.03 Å². The molecular weight excluding hydrogens is 240 g/mol. The first-order chi connectivity index (χ1) is 8.06. The van der Waals surface area contributed by atoms with E-state index in [9.17, 15) is 9.59 Å². The number of carbonyl (C=O) groups excluding carboxylic acids is 2. The second-order valence-electron chi connectivity index (χ2n) is 3.33. The van der Waals surface area contributed by atoms with Crippen LogP contribution in [0.5, 0.6) is 0 Å². The predicted molar refractivity (Wildman–Crippen MR) is 66.2 cm³/mol. The molecule has 0 aliphatic carbocycles. The van der Waals surface area contributed by atoms with Gasteiger partial charge in [0.25, 0.3) is 0 Å². The van der Waals surface area contributed by atoms with Gasteiger partial charge in [0, 0.05) is 5.57 Å². The average Bonchev–Trinajstić information content (AvgIpc) is 2.35. The van der Waals surface area contributed by atoms with Gasteiger partial charge in [-0.25, -0.2) is 4.79 Å². The Bertz CT molecular complexity index is 475. The summed E-state index contributed by atoms with van der Waals surface area (Å²) in [5.74, 6) is -0.896. The Hall–Kier alpha value is -1.87. The van der Waals surface area contributed by atoms with Gasteiger partial charge in [-0.15, -0.1) is 0 Å². The highest BCUT2D eigenvalue weighted by molar-refractivity contribution is 6.50. The van der Waals surface area contributed by atoms with Crippen molar-refractivity contribution in [3.05, 3.63) is 53.8 Å². The molecule has 0 aromatic heterocycles. The maximum Gasteiger partial charge on any atom is 0.338 e. The minimum atomic E-state index is -0.679. The molecular formula is C13H11ClO3. The van der Waals surface area contributed by atoms with Crippen LogP contribution >= 0.6 is 11.6 Å². The lowest BCUT2D eigenvalue weighted by molar-refractivity contribution is -0.136. The summed E-state index contributed by atoms with van der Waals surface area (Å²) in [5.41, 5.74) is 0.799. The van der Waals surface area contributed by atoms with E-state index in [1.54, 1.807) is 24.3 Å². The van der Waals surface area contributed by atoms with Gasteiger partial charge >= 0.3 is 5.97 Å². The first-order valence-corrected chi connectivity index (χ1v) is 5.22. The van der Waals surface area contributed by atoms with E-state index in [0.717, 1.165) is 0 Å². The molecule has 0 spiro atoms. The smallest absolute Gasteiger partial charge is 0.338 e. The third-order valence-corrected chi connectivity index (χ3v) is 2.31. The van der Waals surface area contributed by atoms with Crippen LogP contribution in [0.2, 0.25) is 0 Å². The van der Waals surface area contributed by atoms with Crippen molar-refractivity contribution in [2.75, 3.05) is 0 Å². The Kier molecular flexibility index (Phi) is 4.67. The normalized spacial score (nSPS) is 11.4. The first kappa shape index (κ1) is 13.2. The zero-order valence-electron chi connectivity index (χ0n) is 9.27. The van der Waals surface area contributed by atoms with Crippen LogP contribution in [0.1, 0.15) is 12.5 Å². The Balaban J connectivity index is 3.03. The zero-order chi connectivity index (χ0) is 12.8. The summed E-state index contributed by atoms with van der Waals surface area (Å²) in [5, 5.41) is 0.0928. The van der Waals surface area contributed by atoms with E-state index in [2.05, 4.69) is 6.58 Å². The third kappa shape index (κ3) is 3.57. The van der Waals surface area contributed by atoms with Crippen LogP contribution in [-0.4, -0.2) is 12.3 Å². The molecule has 0 radical (unpaired) electrons. The SMILES string of the molecule is C=C(C)C(=O)OC(C=O)=C(Cl)c1ccccc1. The molecule has 1 aromatic rings. The van der Waals surface area contributed by atoms with Crippen LogP contribution in [0.15, 0.2) is 48.2 Å². The van der Waals surface area contributed by atoms with E-state index in [1.807, 2.05) is 6.07 Å². The lowest BCUT2D eigenvalue weighted by Gasteiger charge is -2.06. The summed E-state index contributed by atoms with van der Waals surface area (Å²) in [7, 11) is 0. The topological polar surface area (TPSA) is 43.4 Å². The minimum absolute atomic E-state index is 0.0928. The van der Waals surface area contributed by atoms with Crippen molar-refractivity contribution >= 4 is 28.9 Å². The number of aldehydes is 1. The number of benzene rings is 1. The molecule has 3 nitrogen and oxygen atoms in total. The highest BCUT2D eigenvalue weighted by atomic mass is 35.5. The van der Waals surface area contributed by atoms with Crippen molar-refractivity contribution in [2.24, 2.45) is 0 Å². The lowest BCUT2D eigenvalue weighted by Crippen LogP contribution is -2.06. The maximum atomic E-state index is 11.3. The Morgan fingerprint density at radius 2 is 1.94 bits per heavy atom. The first-order valence-electron chi connectivity index (χ1n) is 4.84. The van der Waals surface area contributed by atoms with Crippen molar-refractivity contribution in [3.63, 3.8) is 0 Å². The van der Waals surface area contributed by atoms with E-state index in [1.165, 1.54) is 6.92 Å². The maximum absolute atomic E-state index is 11.3. The molecule has 0 aliphatic heterocycles. The van der Waals surface area contributed by atoms with Crippen molar-refractivity contribution < 1.29 is 14.3 Å². The highest BCUT2D eigenvalue weighted by Gasteiger charge is 2.12. The standard InChI is InChI=1S/C13H11ClO3/c1-9(2)13(16)17-11(8-15)12(14)10-6-4-3-5-7-10/h3-8H,1H2,2H3. The molecule has 4 heteroatoms.